The Bertz CT molecular complexity index is 872. The Kier molecular flexibility index (Phi) is 9.69. The number of carbonyl (C=O) groups is 1. The summed E-state index contributed by atoms with van der Waals surface area (Å²) >= 11 is 13.1. The molecule has 2 rings (SSSR count). The van der Waals surface area contributed by atoms with Gasteiger partial charge in [-0.2, -0.15) is 0 Å². The highest BCUT2D eigenvalue weighted by Crippen LogP contribution is 2.43. The van der Waals surface area contributed by atoms with E-state index in [9.17, 15) is 9.00 Å². The molecule has 0 spiro atoms. The van der Waals surface area contributed by atoms with Gasteiger partial charge in [-0.15, -0.1) is 0 Å². The largest absolute Gasteiger partial charge is 0.489 e. The zero-order valence-electron chi connectivity index (χ0n) is 20.4. The third-order valence-electron chi connectivity index (χ3n) is 5.21. The summed E-state index contributed by atoms with van der Waals surface area (Å²) in [5.41, 5.74) is 0.132. The van der Waals surface area contributed by atoms with Crippen LogP contribution in [0.1, 0.15) is 66.0 Å². The van der Waals surface area contributed by atoms with Gasteiger partial charge in [-0.1, -0.05) is 35.9 Å². The third kappa shape index (κ3) is 7.88. The number of carbonyl (C=O) groups excluding carboxylic acids is 1. The predicted octanol–water partition coefficient (Wildman–Crippen LogP) is 6.30. The van der Waals surface area contributed by atoms with Crippen molar-refractivity contribution in [2.24, 2.45) is 5.92 Å². The van der Waals surface area contributed by atoms with Gasteiger partial charge < -0.3 is 14.4 Å². The maximum absolute atomic E-state index is 13.1. The van der Waals surface area contributed by atoms with E-state index in [1.807, 2.05) is 41.5 Å². The third-order valence-corrected chi connectivity index (χ3v) is 7.61. The second-order valence-electron chi connectivity index (χ2n) is 10.2. The van der Waals surface area contributed by atoms with Crippen molar-refractivity contribution in [3.63, 3.8) is 0 Å². The molecular weight excluding hydrogens is 483 g/mol. The topological polar surface area (TPSA) is 67.9 Å². The summed E-state index contributed by atoms with van der Waals surface area (Å²) in [6.45, 7) is 16.4. The van der Waals surface area contributed by atoms with Crippen LogP contribution >= 0.6 is 23.2 Å². The first-order chi connectivity index (χ1) is 15.2. The molecule has 0 bridgehead atoms. The van der Waals surface area contributed by atoms with E-state index in [1.165, 1.54) is 0 Å². The second kappa shape index (κ2) is 11.4. The van der Waals surface area contributed by atoms with Crippen molar-refractivity contribution in [3.05, 3.63) is 40.4 Å². The number of ether oxygens (including phenoxy) is 2. The second-order valence-corrected chi connectivity index (χ2v) is 12.9. The molecule has 1 heterocycles. The number of halogens is 2. The van der Waals surface area contributed by atoms with Gasteiger partial charge in [0.1, 0.15) is 18.0 Å². The van der Waals surface area contributed by atoms with Gasteiger partial charge in [-0.3, -0.25) is 0 Å². The summed E-state index contributed by atoms with van der Waals surface area (Å²) in [5.74, 6) is 0.624. The Morgan fingerprint density at radius 1 is 1.24 bits per heavy atom. The highest BCUT2D eigenvalue weighted by molar-refractivity contribution is 7.84. The van der Waals surface area contributed by atoms with Crippen molar-refractivity contribution in [2.45, 2.75) is 70.8 Å². The highest BCUT2D eigenvalue weighted by atomic mass is 35.5. The number of amides is 1. The summed E-state index contributed by atoms with van der Waals surface area (Å²) in [4.78, 5) is 14.2. The van der Waals surface area contributed by atoms with E-state index in [1.54, 1.807) is 23.1 Å². The molecule has 6 nitrogen and oxygen atoms in total. The van der Waals surface area contributed by atoms with Crippen molar-refractivity contribution < 1.29 is 18.5 Å². The van der Waals surface area contributed by atoms with Gasteiger partial charge in [0.25, 0.3) is 0 Å². The lowest BCUT2D eigenvalue weighted by Gasteiger charge is -2.38. The molecule has 1 saturated heterocycles. The maximum Gasteiger partial charge on any atom is 0.410 e. The van der Waals surface area contributed by atoms with Gasteiger partial charge >= 0.3 is 6.09 Å². The molecule has 1 aliphatic heterocycles. The summed E-state index contributed by atoms with van der Waals surface area (Å²) < 4.78 is 27.3. The van der Waals surface area contributed by atoms with Crippen molar-refractivity contribution in [3.8, 4) is 5.75 Å². The first-order valence-corrected chi connectivity index (χ1v) is 13.0. The van der Waals surface area contributed by atoms with E-state index in [2.05, 4.69) is 11.3 Å². The molecule has 1 fully saturated rings. The lowest BCUT2D eigenvalue weighted by molar-refractivity contribution is 0.0171. The Hall–Kier alpha value is -1.28. The first-order valence-electron chi connectivity index (χ1n) is 11.1. The van der Waals surface area contributed by atoms with Crippen LogP contribution in [0.4, 0.5) is 4.79 Å². The Morgan fingerprint density at radius 2 is 1.85 bits per heavy atom. The van der Waals surface area contributed by atoms with E-state index in [-0.39, 0.29) is 18.1 Å². The standard InChI is InChI=1S/C24H36Cl2N2O4S/c1-8-15-31-18-10-9-17(25)20(26)19(18)21(27-33(30)24(5,6)7)16-11-13-28(14-12-16)22(29)32-23(2,3)4/h8-10,16,21,27H,1,11-15H2,2-7H3. The van der Waals surface area contributed by atoms with Crippen molar-refractivity contribution in [1.29, 1.82) is 0 Å². The molecule has 1 aromatic rings. The SMILES string of the molecule is C=CCOc1ccc(Cl)c(Cl)c1C(NS(=O)C(C)(C)C)C1CCN(C(=O)OC(C)(C)C)CC1. The quantitative estimate of drug-likeness (QED) is 0.430. The van der Waals surface area contributed by atoms with Crippen molar-refractivity contribution >= 4 is 40.3 Å². The Labute approximate surface area is 210 Å². The first kappa shape index (κ1) is 28.0. The lowest BCUT2D eigenvalue weighted by Crippen LogP contribution is -2.45. The van der Waals surface area contributed by atoms with Gasteiger partial charge in [0.15, 0.2) is 0 Å². The monoisotopic (exact) mass is 518 g/mol. The molecule has 1 aromatic carbocycles. The van der Waals surface area contributed by atoms with Crippen LogP contribution in [0.2, 0.25) is 10.0 Å². The van der Waals surface area contributed by atoms with Crippen molar-refractivity contribution in [2.75, 3.05) is 19.7 Å². The zero-order chi connectivity index (χ0) is 25.0. The lowest BCUT2D eigenvalue weighted by atomic mass is 9.85. The zero-order valence-corrected chi connectivity index (χ0v) is 22.7. The fraction of sp³-hybridized carbons (Fsp3) is 0.625. The molecule has 1 aliphatic rings. The van der Waals surface area contributed by atoms with E-state index in [0.717, 1.165) is 0 Å². The van der Waals surface area contributed by atoms with Gasteiger partial charge in [-0.05, 0) is 72.4 Å². The smallest absolute Gasteiger partial charge is 0.410 e. The normalized spacial score (nSPS) is 17.4. The van der Waals surface area contributed by atoms with Crippen LogP contribution in [-0.4, -0.2) is 45.2 Å². The Morgan fingerprint density at radius 3 is 2.36 bits per heavy atom. The number of likely N-dealkylation sites (tertiary alicyclic amines) is 1. The summed E-state index contributed by atoms with van der Waals surface area (Å²) in [6, 6.07) is 3.09. The molecule has 2 atom stereocenters. The number of nitrogens with zero attached hydrogens (tertiary/aromatic N) is 1. The number of rotatable bonds is 7. The molecule has 1 N–H and O–H groups in total. The van der Waals surface area contributed by atoms with E-state index >= 15 is 0 Å². The predicted molar refractivity (Wildman–Crippen MR) is 136 cm³/mol. The molecular formula is C24H36Cl2N2O4S. The molecule has 1 amide bonds. The molecule has 2 unspecified atom stereocenters. The molecule has 9 heteroatoms. The van der Waals surface area contributed by atoms with Crippen LogP contribution < -0.4 is 9.46 Å². The summed E-state index contributed by atoms with van der Waals surface area (Å²) in [5, 5.41) is 0.772. The fourth-order valence-corrected chi connectivity index (χ4v) is 4.87. The number of hydrogen-bond acceptors (Lipinski definition) is 4. The van der Waals surface area contributed by atoms with Crippen LogP contribution in [-0.2, 0) is 15.7 Å². The average Bonchev–Trinajstić information content (AvgIpc) is 2.71. The van der Waals surface area contributed by atoms with Gasteiger partial charge in [0, 0.05) is 18.7 Å². The average molecular weight is 520 g/mol. The minimum Gasteiger partial charge on any atom is -0.489 e. The van der Waals surface area contributed by atoms with Crippen LogP contribution in [0.25, 0.3) is 0 Å². The summed E-state index contributed by atoms with van der Waals surface area (Å²) in [7, 11) is -1.36. The number of piperidine rings is 1. The number of nitrogens with one attached hydrogen (secondary N) is 1. The molecule has 0 radical (unpaired) electrons. The molecule has 0 aromatic heterocycles. The van der Waals surface area contributed by atoms with E-state index in [0.29, 0.717) is 53.9 Å². The minimum atomic E-state index is -1.36. The molecule has 0 saturated carbocycles. The number of benzene rings is 1. The van der Waals surface area contributed by atoms with E-state index in [4.69, 9.17) is 32.7 Å². The van der Waals surface area contributed by atoms with Crippen molar-refractivity contribution in [1.82, 2.24) is 9.62 Å². The van der Waals surface area contributed by atoms with E-state index < -0.39 is 21.3 Å². The van der Waals surface area contributed by atoms with Crippen LogP contribution in [0.3, 0.4) is 0 Å². The van der Waals surface area contributed by atoms with Gasteiger partial charge in [0.05, 0.1) is 31.8 Å². The van der Waals surface area contributed by atoms with Crippen LogP contribution in [0.15, 0.2) is 24.8 Å². The highest BCUT2D eigenvalue weighted by Gasteiger charge is 2.36. The van der Waals surface area contributed by atoms with Crippen LogP contribution in [0, 0.1) is 5.92 Å². The van der Waals surface area contributed by atoms with Gasteiger partial charge in [0.2, 0.25) is 0 Å². The molecule has 186 valence electrons. The number of hydrogen-bond donors (Lipinski definition) is 1. The Balaban J connectivity index is 2.36. The van der Waals surface area contributed by atoms with Gasteiger partial charge in [-0.25, -0.2) is 13.7 Å². The summed E-state index contributed by atoms with van der Waals surface area (Å²) in [6.07, 6.45) is 2.70. The maximum atomic E-state index is 13.1. The molecule has 33 heavy (non-hydrogen) atoms. The molecule has 0 aliphatic carbocycles. The minimum absolute atomic E-state index is 0.0528. The van der Waals surface area contributed by atoms with Crippen LogP contribution in [0.5, 0.6) is 5.75 Å². The fourth-order valence-electron chi connectivity index (χ4n) is 3.54.